The minimum Gasteiger partial charge on any atom is -0.461 e. The summed E-state index contributed by atoms with van der Waals surface area (Å²) in [4.78, 5) is 74.9. The van der Waals surface area contributed by atoms with E-state index in [1.54, 1.807) is 0 Å². The topological polar surface area (TPSA) is 322 Å². The SMILES string of the molecule is O=C[C@H](O)[C@@H](O)[C@H](O)[C@H](O)C(=O)OC[C@H]1O[C@@H](n2ccc(=O)[nH]c2=O)[C@H](O)[C@@H]1OP(=O)(O)OP(=O)(O)O. The zero-order valence-electron chi connectivity index (χ0n) is 18.1. The molecule has 1 aromatic heterocycles. The number of hydrogen-bond acceptors (Lipinski definition) is 15. The summed E-state index contributed by atoms with van der Waals surface area (Å²) in [5.41, 5.74) is -2.00. The van der Waals surface area contributed by atoms with Gasteiger partial charge in [0, 0.05) is 12.3 Å². The molecule has 0 aliphatic carbocycles. The fourth-order valence-corrected chi connectivity index (χ4v) is 4.80. The Morgan fingerprint density at radius 1 is 1.16 bits per heavy atom. The van der Waals surface area contributed by atoms with Gasteiger partial charge in [0.2, 0.25) is 0 Å². The van der Waals surface area contributed by atoms with E-state index in [9.17, 15) is 58.7 Å². The van der Waals surface area contributed by atoms with Gasteiger partial charge in [0.1, 0.15) is 43.2 Å². The Morgan fingerprint density at radius 2 is 1.78 bits per heavy atom. The number of esters is 1. The quantitative estimate of drug-likeness (QED) is 0.0632. The highest BCUT2D eigenvalue weighted by atomic mass is 31.3. The van der Waals surface area contributed by atoms with E-state index in [2.05, 4.69) is 13.6 Å². The first kappa shape index (κ1) is 31.1. The largest absolute Gasteiger partial charge is 0.481 e. The second kappa shape index (κ2) is 12.1. The standard InChI is InChI=1S/C15H22N2O18P2/c18-3-5(19)8(21)9(22)10(23)14(25)32-4-6-12(34-37(30,31)35-36(27,28)29)11(24)13(33-6)17-2-1-7(20)16-15(17)26/h1-3,5-6,8-13,19,21-24H,4H2,(H,30,31)(H,16,20,26)(H2,27,28,29)/t5-,6+,8+,9-,10-,11+,12+,13+/m0/s1. The Bertz CT molecular complexity index is 1180. The first-order valence-electron chi connectivity index (χ1n) is 9.74. The third-order valence-corrected chi connectivity index (χ3v) is 6.88. The number of ether oxygens (including phenoxy) is 2. The molecule has 210 valence electrons. The number of rotatable bonds is 12. The Kier molecular flexibility index (Phi) is 10.2. The van der Waals surface area contributed by atoms with Crippen LogP contribution >= 0.6 is 15.6 Å². The van der Waals surface area contributed by atoms with Crippen molar-refractivity contribution in [2.75, 3.05) is 6.61 Å². The van der Waals surface area contributed by atoms with Gasteiger partial charge in [0.25, 0.3) is 5.56 Å². The molecule has 9 atom stereocenters. The van der Waals surface area contributed by atoms with Gasteiger partial charge in [-0.05, 0) is 0 Å². The Hall–Kier alpha value is -2.16. The van der Waals surface area contributed by atoms with E-state index >= 15 is 0 Å². The molecule has 0 aromatic carbocycles. The minimum absolute atomic E-state index is 0.201. The van der Waals surface area contributed by atoms with Gasteiger partial charge in [-0.2, -0.15) is 4.31 Å². The lowest BCUT2D eigenvalue weighted by molar-refractivity contribution is -0.174. The summed E-state index contributed by atoms with van der Waals surface area (Å²) in [7, 11) is -11.3. The molecule has 9 N–H and O–H groups in total. The van der Waals surface area contributed by atoms with Crippen LogP contribution < -0.4 is 11.2 Å². The van der Waals surface area contributed by atoms with E-state index in [1.165, 1.54) is 0 Å². The van der Waals surface area contributed by atoms with Crippen LogP contribution in [0.2, 0.25) is 0 Å². The number of carbonyl (C=O) groups excluding carboxylic acids is 2. The van der Waals surface area contributed by atoms with Crippen LogP contribution in [0.15, 0.2) is 21.9 Å². The number of phosphoric acid groups is 2. The van der Waals surface area contributed by atoms with Gasteiger partial charge < -0.3 is 54.5 Å². The Balaban J connectivity index is 2.27. The number of hydrogen-bond donors (Lipinski definition) is 9. The molecule has 0 spiro atoms. The Morgan fingerprint density at radius 3 is 2.32 bits per heavy atom. The maximum atomic E-state index is 12.1. The Labute approximate surface area is 204 Å². The first-order valence-corrected chi connectivity index (χ1v) is 12.8. The van der Waals surface area contributed by atoms with Crippen LogP contribution in [0.1, 0.15) is 6.23 Å². The molecule has 1 saturated heterocycles. The third-order valence-electron chi connectivity index (χ3n) is 4.69. The third kappa shape index (κ3) is 8.16. The fraction of sp³-hybridized carbons (Fsp3) is 0.600. The van der Waals surface area contributed by atoms with E-state index in [1.807, 2.05) is 4.98 Å². The minimum atomic E-state index is -5.66. The summed E-state index contributed by atoms with van der Waals surface area (Å²) in [5.74, 6) is -1.70. The molecule has 1 aliphatic heterocycles. The normalized spacial score (nSPS) is 27.0. The predicted octanol–water partition coefficient (Wildman–Crippen LogP) is -5.42. The fourth-order valence-electron chi connectivity index (χ4n) is 3.01. The van der Waals surface area contributed by atoms with Gasteiger partial charge in [-0.3, -0.25) is 18.9 Å². The highest BCUT2D eigenvalue weighted by Gasteiger charge is 2.51. The van der Waals surface area contributed by atoms with Gasteiger partial charge in [-0.1, -0.05) is 0 Å². The van der Waals surface area contributed by atoms with Crippen molar-refractivity contribution >= 4 is 27.9 Å². The summed E-state index contributed by atoms with van der Waals surface area (Å²) in [6.45, 7) is -1.10. The smallest absolute Gasteiger partial charge is 0.461 e. The van der Waals surface area contributed by atoms with Crippen LogP contribution in [0.3, 0.4) is 0 Å². The second-order valence-corrected chi connectivity index (χ2v) is 10.1. The number of aromatic nitrogens is 2. The highest BCUT2D eigenvalue weighted by Crippen LogP contribution is 2.59. The summed E-state index contributed by atoms with van der Waals surface area (Å²) in [5, 5.41) is 48.8. The van der Waals surface area contributed by atoms with Crippen molar-refractivity contribution in [3.05, 3.63) is 33.1 Å². The zero-order valence-corrected chi connectivity index (χ0v) is 19.8. The number of carbonyl (C=O) groups is 2. The summed E-state index contributed by atoms with van der Waals surface area (Å²) >= 11 is 0. The molecule has 1 aromatic rings. The van der Waals surface area contributed by atoms with Gasteiger partial charge in [0.15, 0.2) is 18.6 Å². The second-order valence-electron chi connectivity index (χ2n) is 7.37. The van der Waals surface area contributed by atoms with E-state index in [0.717, 1.165) is 12.3 Å². The zero-order chi connectivity index (χ0) is 28.3. The van der Waals surface area contributed by atoms with Crippen molar-refractivity contribution in [1.29, 1.82) is 0 Å². The predicted molar refractivity (Wildman–Crippen MR) is 110 cm³/mol. The van der Waals surface area contributed by atoms with Crippen molar-refractivity contribution in [2.45, 2.75) is 49.0 Å². The molecule has 2 heterocycles. The molecule has 0 radical (unpaired) electrons. The molecule has 22 heteroatoms. The van der Waals surface area contributed by atoms with Gasteiger partial charge in [-0.15, -0.1) is 0 Å². The number of aliphatic hydroxyl groups is 5. The number of phosphoric ester groups is 1. The number of aldehydes is 1. The van der Waals surface area contributed by atoms with Crippen molar-refractivity contribution in [3.8, 4) is 0 Å². The summed E-state index contributed by atoms with van der Waals surface area (Å²) < 4.78 is 41.6. The van der Waals surface area contributed by atoms with Gasteiger partial charge >= 0.3 is 27.3 Å². The van der Waals surface area contributed by atoms with Crippen LogP contribution in [-0.4, -0.2) is 111 Å². The molecular weight excluding hydrogens is 558 g/mol. The molecular formula is C15H22N2O18P2. The molecule has 20 nitrogen and oxygen atoms in total. The van der Waals surface area contributed by atoms with Crippen molar-refractivity contribution < 1.29 is 77.2 Å². The molecule has 2 rings (SSSR count). The molecule has 0 amide bonds. The molecule has 0 saturated carbocycles. The van der Waals surface area contributed by atoms with Crippen LogP contribution in [0.25, 0.3) is 0 Å². The lowest BCUT2D eigenvalue weighted by atomic mass is 10.0. The van der Waals surface area contributed by atoms with Crippen molar-refractivity contribution in [3.63, 3.8) is 0 Å². The molecule has 1 aliphatic rings. The average Bonchev–Trinajstić information content (AvgIpc) is 3.08. The number of nitrogens with zero attached hydrogens (tertiary/aromatic N) is 1. The number of nitrogens with one attached hydrogen (secondary N) is 1. The molecule has 37 heavy (non-hydrogen) atoms. The van der Waals surface area contributed by atoms with E-state index in [0.29, 0.717) is 4.57 Å². The lowest BCUT2D eigenvalue weighted by Gasteiger charge is -2.25. The van der Waals surface area contributed by atoms with Crippen LogP contribution in [0.5, 0.6) is 0 Å². The van der Waals surface area contributed by atoms with Gasteiger partial charge in [-0.25, -0.2) is 18.7 Å². The van der Waals surface area contributed by atoms with Crippen molar-refractivity contribution in [2.24, 2.45) is 0 Å². The van der Waals surface area contributed by atoms with E-state index in [-0.39, 0.29) is 6.29 Å². The maximum absolute atomic E-state index is 12.1. The number of aromatic amines is 1. The highest BCUT2D eigenvalue weighted by molar-refractivity contribution is 7.60. The van der Waals surface area contributed by atoms with E-state index in [4.69, 9.17) is 14.5 Å². The first-order chi connectivity index (χ1) is 17.0. The molecule has 1 fully saturated rings. The lowest BCUT2D eigenvalue weighted by Crippen LogP contribution is -2.49. The van der Waals surface area contributed by atoms with Gasteiger partial charge in [0.05, 0.1) is 0 Å². The maximum Gasteiger partial charge on any atom is 0.481 e. The van der Waals surface area contributed by atoms with E-state index < -0.39 is 88.4 Å². The number of aliphatic hydroxyl groups excluding tert-OH is 5. The molecule has 0 bridgehead atoms. The summed E-state index contributed by atoms with van der Waals surface area (Å²) in [6, 6.07) is 0.825. The van der Waals surface area contributed by atoms with Crippen LogP contribution in [-0.2, 0) is 37.0 Å². The monoisotopic (exact) mass is 580 g/mol. The number of H-pyrrole nitrogens is 1. The summed E-state index contributed by atoms with van der Waals surface area (Å²) in [6.07, 6.45) is -16.7. The van der Waals surface area contributed by atoms with Crippen LogP contribution in [0.4, 0.5) is 0 Å². The average molecular weight is 580 g/mol. The molecule has 1 unspecified atom stereocenters. The van der Waals surface area contributed by atoms with Crippen LogP contribution in [0, 0.1) is 0 Å². The van der Waals surface area contributed by atoms with Crippen molar-refractivity contribution in [1.82, 2.24) is 9.55 Å².